The van der Waals surface area contributed by atoms with Crippen LogP contribution in [-0.2, 0) is 9.63 Å². The third kappa shape index (κ3) is 3.19. The van der Waals surface area contributed by atoms with E-state index in [0.29, 0.717) is 12.5 Å². The Balaban J connectivity index is 2.38. The molecule has 0 aliphatic carbocycles. The smallest absolute Gasteiger partial charge is 0.247 e. The first kappa shape index (κ1) is 11.9. The summed E-state index contributed by atoms with van der Waals surface area (Å²) in [7, 11) is 5.87. The lowest BCUT2D eigenvalue weighted by Crippen LogP contribution is -2.37. The van der Waals surface area contributed by atoms with E-state index in [4.69, 9.17) is 4.84 Å². The van der Waals surface area contributed by atoms with Crippen molar-refractivity contribution in [3.63, 3.8) is 0 Å². The number of hydrogen-bond donors (Lipinski definition) is 0. The molecule has 14 heavy (non-hydrogen) atoms. The molecule has 2 unspecified atom stereocenters. The highest BCUT2D eigenvalue weighted by Crippen LogP contribution is 2.23. The summed E-state index contributed by atoms with van der Waals surface area (Å²) in [6, 6.07) is 0.360. The Morgan fingerprint density at radius 1 is 1.64 bits per heavy atom. The first-order valence-corrected chi connectivity index (χ1v) is 5.48. The van der Waals surface area contributed by atoms with E-state index in [-0.39, 0.29) is 5.91 Å². The average Bonchev–Trinajstić information content (AvgIpc) is 2.20. The normalized spacial score (nSPS) is 23.5. The van der Waals surface area contributed by atoms with Gasteiger partial charge in [0.15, 0.2) is 0 Å². The number of amides is 1. The van der Waals surface area contributed by atoms with Crippen LogP contribution in [0, 0.1) is 0 Å². The van der Waals surface area contributed by atoms with E-state index in [1.807, 2.05) is 0 Å². The molecule has 2 atom stereocenters. The van der Waals surface area contributed by atoms with Crippen LogP contribution in [0.3, 0.4) is 0 Å². The largest absolute Gasteiger partial charge is 0.284 e. The summed E-state index contributed by atoms with van der Waals surface area (Å²) < 4.78 is 2.19. The van der Waals surface area contributed by atoms with Crippen LogP contribution in [0.15, 0.2) is 0 Å². The van der Waals surface area contributed by atoms with Crippen molar-refractivity contribution in [3.8, 4) is 0 Å². The molecule has 0 N–H and O–H groups in total. The molecule has 4 nitrogen and oxygen atoms in total. The lowest BCUT2D eigenvalue weighted by Gasteiger charge is -2.32. The van der Waals surface area contributed by atoms with E-state index in [0.717, 1.165) is 13.0 Å². The van der Waals surface area contributed by atoms with Crippen LogP contribution in [0.25, 0.3) is 0 Å². The molecule has 0 spiro atoms. The second-order valence-corrected chi connectivity index (χ2v) is 4.33. The fourth-order valence-electron chi connectivity index (χ4n) is 1.67. The van der Waals surface area contributed by atoms with Crippen LogP contribution in [0.5, 0.6) is 0 Å². The number of carbonyl (C=O) groups is 1. The molecule has 0 aromatic heterocycles. The number of piperidine rings is 1. The van der Waals surface area contributed by atoms with Crippen LogP contribution >= 0.6 is 9.39 Å². The Morgan fingerprint density at radius 3 is 2.93 bits per heavy atom. The van der Waals surface area contributed by atoms with Crippen molar-refractivity contribution in [2.45, 2.75) is 31.7 Å². The highest BCUT2D eigenvalue weighted by atomic mass is 31.0. The summed E-state index contributed by atoms with van der Waals surface area (Å²) in [4.78, 5) is 16.4. The van der Waals surface area contributed by atoms with E-state index < -0.39 is 0 Å². The van der Waals surface area contributed by atoms with Gasteiger partial charge in [0.1, 0.15) is 0 Å². The minimum atomic E-state index is 0.0480. The average molecular weight is 218 g/mol. The zero-order valence-electron chi connectivity index (χ0n) is 8.90. The molecule has 1 amide bonds. The topological polar surface area (TPSA) is 32.8 Å². The van der Waals surface area contributed by atoms with Gasteiger partial charge in [-0.2, -0.15) is 0 Å². The highest BCUT2D eigenvalue weighted by Gasteiger charge is 2.23. The fraction of sp³-hybridized carbons (Fsp3) is 0.889. The van der Waals surface area contributed by atoms with E-state index in [9.17, 15) is 4.79 Å². The van der Waals surface area contributed by atoms with Crippen LogP contribution in [0.4, 0.5) is 0 Å². The molecule has 1 rings (SSSR count). The Hall–Kier alpha value is -0.180. The van der Waals surface area contributed by atoms with Gasteiger partial charge in [0.05, 0.1) is 7.11 Å². The third-order valence-electron chi connectivity index (χ3n) is 2.71. The van der Waals surface area contributed by atoms with Gasteiger partial charge in [-0.3, -0.25) is 14.3 Å². The Kier molecular flexibility index (Phi) is 4.79. The lowest BCUT2D eigenvalue weighted by molar-refractivity contribution is -0.169. The summed E-state index contributed by atoms with van der Waals surface area (Å²) in [6.07, 6.45) is 4.11. The van der Waals surface area contributed by atoms with Crippen molar-refractivity contribution in [2.75, 3.05) is 20.7 Å². The Morgan fingerprint density at radius 2 is 2.36 bits per heavy atom. The summed E-state index contributed by atoms with van der Waals surface area (Å²) >= 11 is 0. The first-order valence-electron chi connectivity index (χ1n) is 4.97. The minimum absolute atomic E-state index is 0.0480. The third-order valence-corrected chi connectivity index (χ3v) is 3.39. The fourth-order valence-corrected chi connectivity index (χ4v) is 2.11. The molecule has 1 aliphatic heterocycles. The molecule has 1 fully saturated rings. The van der Waals surface area contributed by atoms with E-state index in [1.54, 1.807) is 7.05 Å². The monoisotopic (exact) mass is 218 g/mol. The van der Waals surface area contributed by atoms with Gasteiger partial charge in [0, 0.05) is 26.1 Å². The SMILES string of the molecule is CON(C)C(=O)CC1CCCCN1P. The molecule has 1 aliphatic rings. The molecule has 1 saturated heterocycles. The molecule has 1 heterocycles. The molecular weight excluding hydrogens is 199 g/mol. The Bertz CT molecular complexity index is 201. The number of nitrogens with zero attached hydrogens (tertiary/aromatic N) is 2. The number of rotatable bonds is 3. The highest BCUT2D eigenvalue weighted by molar-refractivity contribution is 7.13. The van der Waals surface area contributed by atoms with Gasteiger partial charge >= 0.3 is 0 Å². The van der Waals surface area contributed by atoms with Crippen LogP contribution < -0.4 is 0 Å². The molecule has 0 saturated carbocycles. The molecular formula is C9H19N2O2P. The summed E-state index contributed by atoms with van der Waals surface area (Å²) in [5, 5.41) is 1.30. The van der Waals surface area contributed by atoms with Gasteiger partial charge in [-0.1, -0.05) is 15.8 Å². The van der Waals surface area contributed by atoms with E-state index in [2.05, 4.69) is 14.1 Å². The van der Waals surface area contributed by atoms with Gasteiger partial charge in [-0.15, -0.1) is 0 Å². The van der Waals surface area contributed by atoms with Gasteiger partial charge in [0.25, 0.3) is 0 Å². The second kappa shape index (κ2) is 5.64. The van der Waals surface area contributed by atoms with Gasteiger partial charge < -0.3 is 0 Å². The van der Waals surface area contributed by atoms with Gasteiger partial charge in [-0.25, -0.2) is 5.06 Å². The number of hydrogen-bond acceptors (Lipinski definition) is 3. The Labute approximate surface area is 87.8 Å². The molecule has 0 bridgehead atoms. The summed E-state index contributed by atoms with van der Waals surface area (Å²) in [5.41, 5.74) is 0. The van der Waals surface area contributed by atoms with Crippen LogP contribution in [-0.4, -0.2) is 42.4 Å². The minimum Gasteiger partial charge on any atom is -0.284 e. The molecule has 0 aromatic carbocycles. The summed E-state index contributed by atoms with van der Waals surface area (Å²) in [5.74, 6) is 0.0480. The van der Waals surface area contributed by atoms with Crippen molar-refractivity contribution in [1.82, 2.24) is 9.73 Å². The van der Waals surface area contributed by atoms with E-state index >= 15 is 0 Å². The van der Waals surface area contributed by atoms with Crippen LogP contribution in [0.1, 0.15) is 25.7 Å². The zero-order valence-corrected chi connectivity index (χ0v) is 10.1. The lowest BCUT2D eigenvalue weighted by atomic mass is 10.0. The van der Waals surface area contributed by atoms with Crippen molar-refractivity contribution in [2.24, 2.45) is 0 Å². The predicted octanol–water partition coefficient (Wildman–Crippen LogP) is 1.04. The second-order valence-electron chi connectivity index (χ2n) is 3.67. The maximum atomic E-state index is 11.6. The predicted molar refractivity (Wildman–Crippen MR) is 58.5 cm³/mol. The quantitative estimate of drug-likeness (QED) is 0.524. The van der Waals surface area contributed by atoms with Crippen LogP contribution in [0.2, 0.25) is 0 Å². The van der Waals surface area contributed by atoms with Crippen molar-refractivity contribution >= 4 is 15.3 Å². The maximum Gasteiger partial charge on any atom is 0.247 e. The molecule has 0 aromatic rings. The number of hydroxylamine groups is 2. The standard InChI is InChI=1S/C9H19N2O2P/c1-10(13-2)9(12)7-8-5-3-4-6-11(8)14/h8H,3-7,14H2,1-2H3. The van der Waals surface area contributed by atoms with Gasteiger partial charge in [0.2, 0.25) is 5.91 Å². The molecule has 0 radical (unpaired) electrons. The zero-order chi connectivity index (χ0) is 10.6. The van der Waals surface area contributed by atoms with Crippen molar-refractivity contribution in [1.29, 1.82) is 0 Å². The van der Waals surface area contributed by atoms with Crippen molar-refractivity contribution < 1.29 is 9.63 Å². The molecule has 5 heteroatoms. The van der Waals surface area contributed by atoms with E-state index in [1.165, 1.54) is 25.0 Å². The first-order chi connectivity index (χ1) is 6.65. The molecule has 82 valence electrons. The number of carbonyl (C=O) groups excluding carboxylic acids is 1. The van der Waals surface area contributed by atoms with Gasteiger partial charge in [-0.05, 0) is 12.8 Å². The summed E-state index contributed by atoms with van der Waals surface area (Å²) in [6.45, 7) is 1.07. The maximum absolute atomic E-state index is 11.6. The van der Waals surface area contributed by atoms with Crippen molar-refractivity contribution in [3.05, 3.63) is 0 Å².